The van der Waals surface area contributed by atoms with Gasteiger partial charge in [-0.3, -0.25) is 9.69 Å². The number of carbonyl (C=O) groups is 1. The van der Waals surface area contributed by atoms with E-state index in [2.05, 4.69) is 18.7 Å². The molecule has 120 valence electrons. The van der Waals surface area contributed by atoms with Crippen LogP contribution < -0.4 is 0 Å². The molecule has 3 heteroatoms. The SMILES string of the molecule is CCOC(=O)CN(CC12CC3CC(CC(C3)C1)C2)C(C)C. The first-order valence-electron chi connectivity index (χ1n) is 8.89. The quantitative estimate of drug-likeness (QED) is 0.702. The molecule has 0 aromatic rings. The first kappa shape index (κ1) is 15.3. The Hall–Kier alpha value is -0.570. The Labute approximate surface area is 129 Å². The maximum absolute atomic E-state index is 11.9. The van der Waals surface area contributed by atoms with Crippen molar-refractivity contribution in [3.63, 3.8) is 0 Å². The van der Waals surface area contributed by atoms with E-state index in [0.717, 1.165) is 24.3 Å². The highest BCUT2D eigenvalue weighted by molar-refractivity contribution is 5.71. The van der Waals surface area contributed by atoms with Crippen LogP contribution in [0, 0.1) is 23.2 Å². The number of nitrogens with zero attached hydrogens (tertiary/aromatic N) is 1. The van der Waals surface area contributed by atoms with E-state index < -0.39 is 0 Å². The van der Waals surface area contributed by atoms with E-state index in [1.807, 2.05) is 6.92 Å². The molecule has 0 atom stereocenters. The highest BCUT2D eigenvalue weighted by Gasteiger charge is 2.51. The lowest BCUT2D eigenvalue weighted by Crippen LogP contribution is -2.53. The monoisotopic (exact) mass is 293 g/mol. The molecule has 4 saturated carbocycles. The van der Waals surface area contributed by atoms with Gasteiger partial charge in [0, 0.05) is 12.6 Å². The molecule has 0 radical (unpaired) electrons. The van der Waals surface area contributed by atoms with Crippen LogP contribution in [-0.4, -0.2) is 36.6 Å². The zero-order valence-corrected chi connectivity index (χ0v) is 13.9. The molecule has 4 aliphatic rings. The smallest absolute Gasteiger partial charge is 0.320 e. The van der Waals surface area contributed by atoms with Crippen LogP contribution in [0.5, 0.6) is 0 Å². The third kappa shape index (κ3) is 3.28. The van der Waals surface area contributed by atoms with Gasteiger partial charge in [0.1, 0.15) is 0 Å². The fourth-order valence-corrected chi connectivity index (χ4v) is 5.71. The van der Waals surface area contributed by atoms with Crippen molar-refractivity contribution in [1.82, 2.24) is 4.90 Å². The third-order valence-electron chi connectivity index (χ3n) is 6.07. The molecular weight excluding hydrogens is 262 g/mol. The molecule has 0 heterocycles. The van der Waals surface area contributed by atoms with Gasteiger partial charge in [-0.05, 0) is 82.5 Å². The molecule has 0 aliphatic heterocycles. The van der Waals surface area contributed by atoms with E-state index in [1.54, 1.807) is 0 Å². The largest absolute Gasteiger partial charge is 0.465 e. The summed E-state index contributed by atoms with van der Waals surface area (Å²) in [4.78, 5) is 14.2. The van der Waals surface area contributed by atoms with Gasteiger partial charge in [0.2, 0.25) is 0 Å². The van der Waals surface area contributed by atoms with Gasteiger partial charge in [-0.15, -0.1) is 0 Å². The van der Waals surface area contributed by atoms with Crippen LogP contribution in [0.15, 0.2) is 0 Å². The standard InChI is InChI=1S/C18H31NO2/c1-4-21-17(20)11-19(13(2)3)12-18-8-14-5-15(9-18)7-16(6-14)10-18/h13-16H,4-12H2,1-3H3. The predicted octanol–water partition coefficient (Wildman–Crippen LogP) is 3.48. The summed E-state index contributed by atoms with van der Waals surface area (Å²) in [5.74, 6) is 2.88. The molecule has 0 saturated heterocycles. The second-order valence-corrected chi connectivity index (χ2v) is 8.22. The Bertz CT molecular complexity index is 355. The van der Waals surface area contributed by atoms with Gasteiger partial charge in [-0.1, -0.05) is 0 Å². The van der Waals surface area contributed by atoms with Crippen molar-refractivity contribution in [3.05, 3.63) is 0 Å². The summed E-state index contributed by atoms with van der Waals surface area (Å²) in [5, 5.41) is 0. The Kier molecular flexibility index (Phi) is 4.31. The second-order valence-electron chi connectivity index (χ2n) is 8.22. The van der Waals surface area contributed by atoms with E-state index in [0.29, 0.717) is 24.6 Å². The fraction of sp³-hybridized carbons (Fsp3) is 0.944. The van der Waals surface area contributed by atoms with Crippen LogP contribution in [0.3, 0.4) is 0 Å². The minimum absolute atomic E-state index is 0.0593. The second kappa shape index (κ2) is 5.91. The summed E-state index contributed by atoms with van der Waals surface area (Å²) in [6.45, 7) is 8.36. The summed E-state index contributed by atoms with van der Waals surface area (Å²) >= 11 is 0. The van der Waals surface area contributed by atoms with Gasteiger partial charge in [-0.2, -0.15) is 0 Å². The summed E-state index contributed by atoms with van der Waals surface area (Å²) in [5.41, 5.74) is 0.505. The van der Waals surface area contributed by atoms with Crippen molar-refractivity contribution in [2.24, 2.45) is 23.2 Å². The van der Waals surface area contributed by atoms with E-state index in [4.69, 9.17) is 4.74 Å². The Morgan fingerprint density at radius 2 is 1.67 bits per heavy atom. The summed E-state index contributed by atoms with van der Waals surface area (Å²) < 4.78 is 5.16. The Balaban J connectivity index is 1.66. The molecule has 21 heavy (non-hydrogen) atoms. The lowest BCUT2D eigenvalue weighted by molar-refractivity contribution is -0.146. The van der Waals surface area contributed by atoms with Gasteiger partial charge < -0.3 is 4.74 Å². The number of ether oxygens (including phenoxy) is 1. The molecule has 0 spiro atoms. The van der Waals surface area contributed by atoms with Crippen molar-refractivity contribution in [1.29, 1.82) is 0 Å². The highest BCUT2D eigenvalue weighted by Crippen LogP contribution is 2.60. The molecule has 0 aromatic carbocycles. The van der Waals surface area contributed by atoms with E-state index >= 15 is 0 Å². The van der Waals surface area contributed by atoms with Crippen LogP contribution in [-0.2, 0) is 9.53 Å². The third-order valence-corrected chi connectivity index (χ3v) is 6.07. The van der Waals surface area contributed by atoms with E-state index in [1.165, 1.54) is 38.5 Å². The summed E-state index contributed by atoms with van der Waals surface area (Å²) in [7, 11) is 0. The minimum atomic E-state index is -0.0593. The van der Waals surface area contributed by atoms with Gasteiger partial charge in [0.05, 0.1) is 13.2 Å². The topological polar surface area (TPSA) is 29.5 Å². The van der Waals surface area contributed by atoms with Gasteiger partial charge >= 0.3 is 5.97 Å². The molecule has 0 N–H and O–H groups in total. The first-order valence-corrected chi connectivity index (χ1v) is 8.89. The molecular formula is C18H31NO2. The molecule has 4 rings (SSSR count). The van der Waals surface area contributed by atoms with Crippen molar-refractivity contribution in [2.75, 3.05) is 19.7 Å². The van der Waals surface area contributed by atoms with Crippen LogP contribution in [0.4, 0.5) is 0 Å². The first-order chi connectivity index (χ1) is 9.99. The lowest BCUT2D eigenvalue weighted by atomic mass is 9.49. The van der Waals surface area contributed by atoms with Crippen LogP contribution >= 0.6 is 0 Å². The number of rotatable bonds is 6. The Morgan fingerprint density at radius 3 is 2.10 bits per heavy atom. The number of esters is 1. The maximum atomic E-state index is 11.9. The zero-order valence-electron chi connectivity index (χ0n) is 13.9. The fourth-order valence-electron chi connectivity index (χ4n) is 5.71. The lowest BCUT2D eigenvalue weighted by Gasteiger charge is -2.58. The van der Waals surface area contributed by atoms with Gasteiger partial charge in [0.15, 0.2) is 0 Å². The summed E-state index contributed by atoms with van der Waals surface area (Å²) in [6.07, 6.45) is 8.68. The Morgan fingerprint density at radius 1 is 1.14 bits per heavy atom. The van der Waals surface area contributed by atoms with Gasteiger partial charge in [-0.25, -0.2) is 0 Å². The molecule has 0 unspecified atom stereocenters. The van der Waals surface area contributed by atoms with Crippen LogP contribution in [0.2, 0.25) is 0 Å². The van der Waals surface area contributed by atoms with Crippen LogP contribution in [0.1, 0.15) is 59.3 Å². The van der Waals surface area contributed by atoms with E-state index in [-0.39, 0.29) is 5.97 Å². The van der Waals surface area contributed by atoms with Crippen molar-refractivity contribution in [2.45, 2.75) is 65.3 Å². The number of hydrogen-bond donors (Lipinski definition) is 0. The molecule has 0 aromatic heterocycles. The highest BCUT2D eigenvalue weighted by atomic mass is 16.5. The number of carbonyl (C=O) groups excluding carboxylic acids is 1. The van der Waals surface area contributed by atoms with Crippen molar-refractivity contribution >= 4 is 5.97 Å². The average molecular weight is 293 g/mol. The van der Waals surface area contributed by atoms with Crippen LogP contribution in [0.25, 0.3) is 0 Å². The zero-order chi connectivity index (χ0) is 15.0. The molecule has 0 amide bonds. The molecule has 4 bridgehead atoms. The minimum Gasteiger partial charge on any atom is -0.465 e. The average Bonchev–Trinajstić information content (AvgIpc) is 2.36. The normalized spacial score (nSPS) is 37.5. The number of hydrogen-bond acceptors (Lipinski definition) is 3. The van der Waals surface area contributed by atoms with Crippen molar-refractivity contribution in [3.8, 4) is 0 Å². The van der Waals surface area contributed by atoms with Gasteiger partial charge in [0.25, 0.3) is 0 Å². The molecule has 4 aliphatic carbocycles. The predicted molar refractivity (Wildman–Crippen MR) is 83.9 cm³/mol. The molecule has 3 nitrogen and oxygen atoms in total. The summed E-state index contributed by atoms with van der Waals surface area (Å²) in [6, 6.07) is 0.419. The maximum Gasteiger partial charge on any atom is 0.320 e. The molecule has 4 fully saturated rings. The van der Waals surface area contributed by atoms with E-state index in [9.17, 15) is 4.79 Å². The van der Waals surface area contributed by atoms with Crippen molar-refractivity contribution < 1.29 is 9.53 Å².